The Morgan fingerprint density at radius 1 is 1.29 bits per heavy atom. The molecule has 0 fully saturated rings. The van der Waals surface area contributed by atoms with Crippen LogP contribution in [0.25, 0.3) is 11.2 Å². The van der Waals surface area contributed by atoms with E-state index in [4.69, 9.17) is 23.2 Å². The van der Waals surface area contributed by atoms with E-state index in [2.05, 4.69) is 72.4 Å². The summed E-state index contributed by atoms with van der Waals surface area (Å²) in [6.45, 7) is 15.9. The van der Waals surface area contributed by atoms with Crippen molar-refractivity contribution in [3.8, 4) is 5.88 Å². The fourth-order valence-electron chi connectivity index (χ4n) is 3.71. The molecule has 0 atom stereocenters. The highest BCUT2D eigenvalue weighted by atomic mass is 35.5. The highest BCUT2D eigenvalue weighted by Crippen LogP contribution is 2.45. The zero-order chi connectivity index (χ0) is 29.0. The first-order valence-corrected chi connectivity index (χ1v) is 12.8. The van der Waals surface area contributed by atoms with Gasteiger partial charge in [-0.25, -0.2) is 14.5 Å². The van der Waals surface area contributed by atoms with Crippen LogP contribution in [0.1, 0.15) is 72.4 Å². The maximum absolute atomic E-state index is 11.8. The van der Waals surface area contributed by atoms with Crippen LogP contribution in [-0.2, 0) is 10.2 Å². The lowest BCUT2D eigenvalue weighted by atomic mass is 9.87. The zero-order valence-electron chi connectivity index (χ0n) is 22.8. The number of hydrogen-bond acceptors (Lipinski definition) is 5. The van der Waals surface area contributed by atoms with Gasteiger partial charge in [-0.1, -0.05) is 76.0 Å². The van der Waals surface area contributed by atoms with Crippen LogP contribution < -0.4 is 10.1 Å². The smallest absolute Gasteiger partial charge is 0.388 e. The summed E-state index contributed by atoms with van der Waals surface area (Å²) in [6, 6.07) is 1.25. The maximum Gasteiger partial charge on any atom is 0.388 e. The molecule has 0 aliphatic heterocycles. The van der Waals surface area contributed by atoms with Crippen LogP contribution in [0, 0.1) is 0 Å². The van der Waals surface area contributed by atoms with Crippen molar-refractivity contribution >= 4 is 46.5 Å². The molecule has 1 N–H and O–H groups in total. The number of alkyl halides is 2. The Morgan fingerprint density at radius 3 is 2.45 bits per heavy atom. The van der Waals surface area contributed by atoms with Crippen molar-refractivity contribution in [1.29, 1.82) is 0 Å². The summed E-state index contributed by atoms with van der Waals surface area (Å²) < 4.78 is 29.2. The summed E-state index contributed by atoms with van der Waals surface area (Å²) in [5.41, 5.74) is 6.09. The van der Waals surface area contributed by atoms with Gasteiger partial charge in [-0.15, -0.1) is 0 Å². The molecule has 1 aliphatic carbocycles. The van der Waals surface area contributed by atoms with E-state index in [1.807, 2.05) is 20.0 Å². The number of hydrogen-bond donors (Lipinski definition) is 1. The minimum absolute atomic E-state index is 0.0608. The number of aromatic nitrogens is 4. The summed E-state index contributed by atoms with van der Waals surface area (Å²) in [6.07, 6.45) is 9.49. The predicted octanol–water partition coefficient (Wildman–Crippen LogP) is 8.37. The molecule has 38 heavy (non-hydrogen) atoms. The van der Waals surface area contributed by atoms with E-state index in [1.54, 1.807) is 10.7 Å². The lowest BCUT2D eigenvalue weighted by molar-refractivity contribution is -0.105. The molecule has 208 valence electrons. The van der Waals surface area contributed by atoms with Crippen LogP contribution >= 0.6 is 23.2 Å². The van der Waals surface area contributed by atoms with Gasteiger partial charge in [-0.2, -0.15) is 13.9 Å². The summed E-state index contributed by atoms with van der Waals surface area (Å²) >= 11 is 11.5. The van der Waals surface area contributed by atoms with Gasteiger partial charge in [0.05, 0.1) is 24.3 Å². The number of amides is 1. The molecule has 0 spiro atoms. The van der Waals surface area contributed by atoms with E-state index in [-0.39, 0.29) is 16.3 Å². The molecular weight excluding hydrogens is 535 g/mol. The highest BCUT2D eigenvalue weighted by Gasteiger charge is 2.35. The van der Waals surface area contributed by atoms with Crippen molar-refractivity contribution in [3.05, 3.63) is 64.2 Å². The third-order valence-electron chi connectivity index (χ3n) is 5.02. The Hall–Kier alpha value is -3.04. The van der Waals surface area contributed by atoms with Gasteiger partial charge in [-0.3, -0.25) is 4.79 Å². The van der Waals surface area contributed by atoms with Crippen molar-refractivity contribution in [2.45, 2.75) is 73.3 Å². The van der Waals surface area contributed by atoms with E-state index in [0.29, 0.717) is 17.3 Å². The molecule has 3 aromatic rings. The van der Waals surface area contributed by atoms with Crippen molar-refractivity contribution in [1.82, 2.24) is 19.6 Å². The Balaban J connectivity index is 0.000000301. The van der Waals surface area contributed by atoms with Gasteiger partial charge < -0.3 is 10.1 Å². The first-order valence-electron chi connectivity index (χ1n) is 12.1. The Morgan fingerprint density at radius 2 is 1.95 bits per heavy atom. The second kappa shape index (κ2) is 15.4. The van der Waals surface area contributed by atoms with E-state index in [9.17, 15) is 13.6 Å². The topological polar surface area (TPSA) is 81.4 Å². The molecule has 0 bridgehead atoms. The molecule has 0 radical (unpaired) electrons. The number of allylic oxidation sites excluding steroid dienone is 3. The van der Waals surface area contributed by atoms with E-state index >= 15 is 0 Å². The fraction of sp³-hybridized carbons (Fsp3) is 0.407. The second-order valence-corrected chi connectivity index (χ2v) is 9.57. The van der Waals surface area contributed by atoms with Crippen LogP contribution in [-0.4, -0.2) is 32.6 Å². The van der Waals surface area contributed by atoms with Gasteiger partial charge in [0, 0.05) is 11.1 Å². The van der Waals surface area contributed by atoms with Crippen molar-refractivity contribution in [3.63, 3.8) is 0 Å². The minimum atomic E-state index is -2.98. The Bertz CT molecular complexity index is 1260. The third kappa shape index (κ3) is 9.36. The third-order valence-corrected chi connectivity index (χ3v) is 5.47. The normalized spacial score (nSPS) is 12.7. The average Bonchev–Trinajstić information content (AvgIpc) is 3.32. The molecule has 0 saturated carbocycles. The van der Waals surface area contributed by atoms with Crippen molar-refractivity contribution < 1.29 is 18.3 Å². The molecule has 0 unspecified atom stereocenters. The van der Waals surface area contributed by atoms with E-state index in [1.165, 1.54) is 23.6 Å². The molecular formula is C27H35Cl2F2N5O2. The number of carbonyl (C=O) groups excluding carboxylic acids is 1. The van der Waals surface area contributed by atoms with Crippen molar-refractivity contribution in [2.75, 3.05) is 5.32 Å². The number of nitrogens with zero attached hydrogens (tertiary/aromatic N) is 4. The van der Waals surface area contributed by atoms with Gasteiger partial charge >= 0.3 is 6.61 Å². The van der Waals surface area contributed by atoms with Gasteiger partial charge in [0.2, 0.25) is 12.3 Å². The zero-order valence-corrected chi connectivity index (χ0v) is 24.3. The summed E-state index contributed by atoms with van der Waals surface area (Å²) in [5, 5.41) is 6.94. The van der Waals surface area contributed by atoms with Crippen LogP contribution in [0.2, 0.25) is 10.2 Å². The summed E-state index contributed by atoms with van der Waals surface area (Å²) in [4.78, 5) is 17.8. The van der Waals surface area contributed by atoms with E-state index in [0.717, 1.165) is 29.4 Å². The van der Waals surface area contributed by atoms with Crippen LogP contribution in [0.5, 0.6) is 5.88 Å². The van der Waals surface area contributed by atoms with Crippen molar-refractivity contribution in [2.24, 2.45) is 0 Å². The first-order chi connectivity index (χ1) is 17.9. The summed E-state index contributed by atoms with van der Waals surface area (Å²) in [5.74, 6) is -0.377. The number of halogens is 4. The first kappa shape index (κ1) is 33.0. The van der Waals surface area contributed by atoms with Gasteiger partial charge in [-0.05, 0) is 43.7 Å². The second-order valence-electron chi connectivity index (χ2n) is 8.77. The molecule has 3 aromatic heterocycles. The standard InChI is InChI=1S/C12H12ClN3.C7H5ClF2N2O2.C6H12.C2H6/c1-7-4-12(2,3)10-8(7)5-14-16-6-9(13)15-11(10)16;8-5-1-4(12-3-13)2-11-6(5)14-7(9)10;1-4-5-6(2)3;1-2/h5-6H,1,4H2,2-3H3;1-3,7H,(H,12,13);5H,4H2,1-3H3;1-2H3. The monoisotopic (exact) mass is 569 g/mol. The van der Waals surface area contributed by atoms with Gasteiger partial charge in [0.15, 0.2) is 5.65 Å². The predicted molar refractivity (Wildman–Crippen MR) is 151 cm³/mol. The van der Waals surface area contributed by atoms with Crippen LogP contribution in [0.4, 0.5) is 14.5 Å². The molecule has 0 aromatic carbocycles. The number of imidazole rings is 1. The number of pyridine rings is 1. The highest BCUT2D eigenvalue weighted by molar-refractivity contribution is 6.32. The molecule has 11 heteroatoms. The van der Waals surface area contributed by atoms with E-state index < -0.39 is 6.61 Å². The Labute approximate surface area is 232 Å². The lowest BCUT2D eigenvalue weighted by Gasteiger charge is -2.18. The minimum Gasteiger partial charge on any atom is -0.415 e. The lowest BCUT2D eigenvalue weighted by Crippen LogP contribution is -2.14. The van der Waals surface area contributed by atoms with Crippen LogP contribution in [0.15, 0.2) is 42.9 Å². The summed E-state index contributed by atoms with van der Waals surface area (Å²) in [7, 11) is 0. The number of nitrogens with one attached hydrogen (secondary N) is 1. The number of fused-ring (bicyclic) bond motifs is 3. The molecule has 1 aliphatic rings. The number of anilines is 1. The van der Waals surface area contributed by atoms with Crippen LogP contribution in [0.3, 0.4) is 0 Å². The largest absolute Gasteiger partial charge is 0.415 e. The Kier molecular flexibility index (Phi) is 13.4. The fourth-order valence-corrected chi connectivity index (χ4v) is 4.09. The number of rotatable bonds is 5. The average molecular weight is 571 g/mol. The quantitative estimate of drug-likeness (QED) is 0.246. The van der Waals surface area contributed by atoms with Gasteiger partial charge in [0.1, 0.15) is 10.2 Å². The molecule has 7 nitrogen and oxygen atoms in total. The number of carbonyl (C=O) groups is 1. The molecule has 0 saturated heterocycles. The molecule has 1 amide bonds. The van der Waals surface area contributed by atoms with Gasteiger partial charge in [0.25, 0.3) is 0 Å². The molecule has 3 heterocycles. The molecule has 4 rings (SSSR count). The maximum atomic E-state index is 11.8. The number of ether oxygens (including phenoxy) is 1. The SMILES string of the molecule is C=C1CC(C)(C)c2c1cnn1cc(Cl)nc21.CC.CCC=C(C)C.O=CNc1cnc(OC(F)F)c(Cl)c1.